The van der Waals surface area contributed by atoms with Crippen LogP contribution in [0.2, 0.25) is 0 Å². The average Bonchev–Trinajstić information content (AvgIpc) is 2.86. The first kappa shape index (κ1) is 19.9. The van der Waals surface area contributed by atoms with Gasteiger partial charge in [-0.25, -0.2) is 15.0 Å². The van der Waals surface area contributed by atoms with Gasteiger partial charge in [-0.15, -0.1) is 0 Å². The fourth-order valence-corrected chi connectivity index (χ4v) is 4.16. The van der Waals surface area contributed by atoms with Crippen LogP contribution in [0.4, 0.5) is 17.5 Å². The number of anilines is 3. The third kappa shape index (κ3) is 3.41. The maximum atomic E-state index is 13.1. The minimum atomic E-state index is -0.218. The molecule has 0 spiro atoms. The number of aromatic nitrogens is 4. The number of nitrogens with two attached hydrogens (primary N) is 1. The molecule has 0 unspecified atom stereocenters. The lowest BCUT2D eigenvalue weighted by Gasteiger charge is -2.30. The molecule has 1 aliphatic heterocycles. The molecule has 0 bridgehead atoms. The monoisotopic (exact) mass is 424 g/mol. The van der Waals surface area contributed by atoms with E-state index in [-0.39, 0.29) is 11.2 Å². The quantitative estimate of drug-likeness (QED) is 0.531. The number of fused-ring (bicyclic) bond motifs is 1. The molecule has 0 saturated carbocycles. The van der Waals surface area contributed by atoms with E-state index in [2.05, 4.69) is 18.0 Å². The van der Waals surface area contributed by atoms with E-state index in [1.807, 2.05) is 59.5 Å². The average molecular weight is 425 g/mol. The number of rotatable bonds is 4. The highest BCUT2D eigenvalue weighted by atomic mass is 16.1. The van der Waals surface area contributed by atoms with Crippen molar-refractivity contribution in [2.75, 3.05) is 17.2 Å². The van der Waals surface area contributed by atoms with Crippen LogP contribution in [-0.4, -0.2) is 26.1 Å². The molecule has 1 aliphatic rings. The summed E-state index contributed by atoms with van der Waals surface area (Å²) in [5, 5.41) is 0. The van der Waals surface area contributed by atoms with Crippen molar-refractivity contribution >= 4 is 17.5 Å². The molecule has 7 heteroatoms. The molecule has 2 aromatic heterocycles. The van der Waals surface area contributed by atoms with Crippen molar-refractivity contribution in [3.8, 4) is 22.6 Å². The molecule has 32 heavy (non-hydrogen) atoms. The Morgan fingerprint density at radius 3 is 2.56 bits per heavy atom. The lowest BCUT2D eigenvalue weighted by molar-refractivity contribution is 0.563. The summed E-state index contributed by atoms with van der Waals surface area (Å²) in [6, 6.07) is 19.6. The van der Waals surface area contributed by atoms with Gasteiger partial charge in [0.2, 0.25) is 5.95 Å². The summed E-state index contributed by atoms with van der Waals surface area (Å²) in [7, 11) is 0. The minimum Gasteiger partial charge on any atom is -0.392 e. The van der Waals surface area contributed by atoms with Crippen LogP contribution in [0.25, 0.3) is 22.6 Å². The van der Waals surface area contributed by atoms with Crippen molar-refractivity contribution < 1.29 is 0 Å². The SMILES string of the molecule is CCc1ccccc1-c1nccc(N2CCCn3c2nc(-c2ccccc2)c(N)c3=O)n1. The highest BCUT2D eigenvalue weighted by molar-refractivity contribution is 5.74. The molecule has 0 fully saturated rings. The summed E-state index contributed by atoms with van der Waals surface area (Å²) in [4.78, 5) is 29.3. The highest BCUT2D eigenvalue weighted by Crippen LogP contribution is 2.31. The third-order valence-corrected chi connectivity index (χ3v) is 5.79. The molecule has 0 atom stereocenters. The Bertz CT molecular complexity index is 1330. The minimum absolute atomic E-state index is 0.169. The van der Waals surface area contributed by atoms with Crippen molar-refractivity contribution in [3.05, 3.63) is 82.8 Å². The Kier molecular flexibility index (Phi) is 5.15. The number of hydrogen-bond acceptors (Lipinski definition) is 6. The van der Waals surface area contributed by atoms with Crippen LogP contribution in [0, 0.1) is 0 Å². The van der Waals surface area contributed by atoms with Gasteiger partial charge in [0.15, 0.2) is 5.82 Å². The molecule has 2 N–H and O–H groups in total. The fourth-order valence-electron chi connectivity index (χ4n) is 4.16. The van der Waals surface area contributed by atoms with Gasteiger partial charge in [0.05, 0.1) is 0 Å². The van der Waals surface area contributed by atoms with Gasteiger partial charge in [-0.1, -0.05) is 61.5 Å². The topological polar surface area (TPSA) is 89.9 Å². The molecule has 0 radical (unpaired) electrons. The molecule has 0 saturated heterocycles. The van der Waals surface area contributed by atoms with E-state index < -0.39 is 0 Å². The Morgan fingerprint density at radius 2 is 1.75 bits per heavy atom. The van der Waals surface area contributed by atoms with Gasteiger partial charge in [-0.2, -0.15) is 0 Å². The second-order valence-corrected chi connectivity index (χ2v) is 7.75. The molecular formula is C25H24N6O. The van der Waals surface area contributed by atoms with E-state index in [4.69, 9.17) is 15.7 Å². The van der Waals surface area contributed by atoms with Gasteiger partial charge >= 0.3 is 0 Å². The Morgan fingerprint density at radius 1 is 0.969 bits per heavy atom. The zero-order chi connectivity index (χ0) is 22.1. The summed E-state index contributed by atoms with van der Waals surface area (Å²) in [6.45, 7) is 3.40. The smallest absolute Gasteiger partial charge is 0.278 e. The molecule has 160 valence electrons. The second kappa shape index (κ2) is 8.26. The van der Waals surface area contributed by atoms with Crippen molar-refractivity contribution in [2.45, 2.75) is 26.3 Å². The first-order chi connectivity index (χ1) is 15.7. The van der Waals surface area contributed by atoms with E-state index >= 15 is 0 Å². The van der Waals surface area contributed by atoms with E-state index in [1.165, 1.54) is 5.56 Å². The van der Waals surface area contributed by atoms with Crippen LogP contribution >= 0.6 is 0 Å². The van der Waals surface area contributed by atoms with E-state index in [1.54, 1.807) is 10.8 Å². The molecule has 0 amide bonds. The Hall–Kier alpha value is -4.00. The number of nitrogen functional groups attached to an aromatic ring is 1. The number of benzene rings is 2. The van der Waals surface area contributed by atoms with Gasteiger partial charge < -0.3 is 5.73 Å². The van der Waals surface area contributed by atoms with Crippen LogP contribution in [0.1, 0.15) is 18.9 Å². The van der Waals surface area contributed by atoms with Crippen LogP contribution in [0.5, 0.6) is 0 Å². The summed E-state index contributed by atoms with van der Waals surface area (Å²) in [5.41, 5.74) is 9.69. The first-order valence-corrected chi connectivity index (χ1v) is 10.8. The predicted molar refractivity (Wildman–Crippen MR) is 127 cm³/mol. The zero-order valence-corrected chi connectivity index (χ0v) is 17.9. The third-order valence-electron chi connectivity index (χ3n) is 5.79. The lowest BCUT2D eigenvalue weighted by Crippen LogP contribution is -2.37. The normalized spacial score (nSPS) is 13.1. The van der Waals surface area contributed by atoms with E-state index in [9.17, 15) is 4.79 Å². The lowest BCUT2D eigenvalue weighted by atomic mass is 10.0. The van der Waals surface area contributed by atoms with Crippen LogP contribution in [0.3, 0.4) is 0 Å². The van der Waals surface area contributed by atoms with Gasteiger partial charge in [0.25, 0.3) is 5.56 Å². The maximum absolute atomic E-state index is 13.1. The van der Waals surface area contributed by atoms with Crippen LogP contribution in [-0.2, 0) is 13.0 Å². The molecule has 4 aromatic rings. The molecule has 3 heterocycles. The van der Waals surface area contributed by atoms with Gasteiger partial charge in [-0.05, 0) is 24.5 Å². The van der Waals surface area contributed by atoms with Gasteiger partial charge in [0, 0.05) is 30.4 Å². The van der Waals surface area contributed by atoms with E-state index in [0.717, 1.165) is 24.0 Å². The molecule has 7 nitrogen and oxygen atoms in total. The zero-order valence-electron chi connectivity index (χ0n) is 17.9. The highest BCUT2D eigenvalue weighted by Gasteiger charge is 2.25. The van der Waals surface area contributed by atoms with Crippen molar-refractivity contribution in [2.24, 2.45) is 0 Å². The molecular weight excluding hydrogens is 400 g/mol. The van der Waals surface area contributed by atoms with Gasteiger partial charge in [0.1, 0.15) is 17.2 Å². The van der Waals surface area contributed by atoms with Crippen molar-refractivity contribution in [3.63, 3.8) is 0 Å². The Balaban J connectivity index is 1.64. The Labute approximate surface area is 186 Å². The summed E-state index contributed by atoms with van der Waals surface area (Å²) in [5.74, 6) is 1.94. The largest absolute Gasteiger partial charge is 0.392 e. The number of nitrogens with zero attached hydrogens (tertiary/aromatic N) is 5. The standard InChI is InChI=1S/C25H24N6O/c1-2-17-9-6-7-12-19(17)23-27-14-13-20(28-23)30-15-8-16-31-24(32)21(26)22(29-25(30)31)18-10-4-3-5-11-18/h3-7,9-14H,2,8,15-16,26H2,1H3. The molecule has 5 rings (SSSR count). The maximum Gasteiger partial charge on any atom is 0.278 e. The second-order valence-electron chi connectivity index (χ2n) is 7.75. The summed E-state index contributed by atoms with van der Waals surface area (Å²) in [6.07, 6.45) is 3.45. The van der Waals surface area contributed by atoms with Crippen LogP contribution < -0.4 is 16.2 Å². The van der Waals surface area contributed by atoms with Crippen molar-refractivity contribution in [1.82, 2.24) is 19.5 Å². The summed E-state index contributed by atoms with van der Waals surface area (Å²) >= 11 is 0. The fraction of sp³-hybridized carbons (Fsp3) is 0.200. The van der Waals surface area contributed by atoms with Crippen LogP contribution in [0.15, 0.2) is 71.7 Å². The van der Waals surface area contributed by atoms with E-state index in [0.29, 0.717) is 36.4 Å². The van der Waals surface area contributed by atoms with Gasteiger partial charge in [-0.3, -0.25) is 14.3 Å². The number of aryl methyl sites for hydroxylation is 1. The molecule has 0 aliphatic carbocycles. The summed E-state index contributed by atoms with van der Waals surface area (Å²) < 4.78 is 1.65. The number of hydrogen-bond donors (Lipinski definition) is 1. The first-order valence-electron chi connectivity index (χ1n) is 10.8. The molecule has 2 aromatic carbocycles. The predicted octanol–water partition coefficient (Wildman–Crippen LogP) is 4.05. The van der Waals surface area contributed by atoms with Crippen molar-refractivity contribution in [1.29, 1.82) is 0 Å².